The monoisotopic (exact) mass is 298 g/mol. The maximum Gasteiger partial charge on any atom is 0.122 e. The predicted molar refractivity (Wildman–Crippen MR) is 78.1 cm³/mol. The van der Waals surface area contributed by atoms with Crippen molar-refractivity contribution in [3.8, 4) is 5.75 Å². The lowest BCUT2D eigenvalue weighted by atomic mass is 9.88. The van der Waals surface area contributed by atoms with Crippen LogP contribution in [0.5, 0.6) is 5.75 Å². The summed E-state index contributed by atoms with van der Waals surface area (Å²) in [5, 5.41) is 0. The molecule has 0 bridgehead atoms. The van der Waals surface area contributed by atoms with Gasteiger partial charge < -0.3 is 4.74 Å². The van der Waals surface area contributed by atoms with Gasteiger partial charge in [-0.25, -0.2) is 0 Å². The Hall–Kier alpha value is -0.500. The van der Waals surface area contributed by atoms with E-state index in [9.17, 15) is 0 Å². The second-order valence-electron chi connectivity index (χ2n) is 5.41. The first-order chi connectivity index (χ1) is 7.95. The summed E-state index contributed by atoms with van der Waals surface area (Å²) in [6.07, 6.45) is 2.19. The van der Waals surface area contributed by atoms with Crippen molar-refractivity contribution in [2.75, 3.05) is 6.61 Å². The number of halogens is 1. The Morgan fingerprint density at radius 3 is 2.47 bits per heavy atom. The molecule has 1 unspecified atom stereocenters. The van der Waals surface area contributed by atoms with Crippen LogP contribution in [0.3, 0.4) is 0 Å². The molecule has 0 N–H and O–H groups in total. The summed E-state index contributed by atoms with van der Waals surface area (Å²) in [7, 11) is 0. The Kier molecular flexibility index (Phi) is 5.51. The van der Waals surface area contributed by atoms with Crippen molar-refractivity contribution in [3.63, 3.8) is 0 Å². The molecular formula is C15H23BrO. The first kappa shape index (κ1) is 14.6. The van der Waals surface area contributed by atoms with Gasteiger partial charge in [-0.3, -0.25) is 0 Å². The van der Waals surface area contributed by atoms with Gasteiger partial charge in [0.25, 0.3) is 0 Å². The SMILES string of the molecule is CCOc1ccccc1CCC(Br)C(C)(C)C. The number of ether oxygens (including phenoxy) is 1. The van der Waals surface area contributed by atoms with Crippen molar-refractivity contribution in [2.45, 2.75) is 45.4 Å². The van der Waals surface area contributed by atoms with Gasteiger partial charge in [0.15, 0.2) is 0 Å². The van der Waals surface area contributed by atoms with E-state index in [0.717, 1.165) is 25.2 Å². The van der Waals surface area contributed by atoms with Crippen LogP contribution in [0.2, 0.25) is 0 Å². The summed E-state index contributed by atoms with van der Waals surface area (Å²) in [5.41, 5.74) is 1.61. The zero-order valence-electron chi connectivity index (χ0n) is 11.3. The largest absolute Gasteiger partial charge is 0.494 e. The maximum absolute atomic E-state index is 5.64. The number of benzene rings is 1. The smallest absolute Gasteiger partial charge is 0.122 e. The van der Waals surface area contributed by atoms with Crippen molar-refractivity contribution in [1.82, 2.24) is 0 Å². The molecule has 0 radical (unpaired) electrons. The summed E-state index contributed by atoms with van der Waals surface area (Å²) in [6, 6.07) is 8.33. The summed E-state index contributed by atoms with van der Waals surface area (Å²) in [5.74, 6) is 1.03. The number of hydrogen-bond donors (Lipinski definition) is 0. The molecule has 1 atom stereocenters. The summed E-state index contributed by atoms with van der Waals surface area (Å²) >= 11 is 3.78. The molecule has 0 aromatic heterocycles. The van der Waals surface area contributed by atoms with Crippen LogP contribution in [0.25, 0.3) is 0 Å². The van der Waals surface area contributed by atoms with E-state index in [1.165, 1.54) is 5.56 Å². The highest BCUT2D eigenvalue weighted by molar-refractivity contribution is 9.09. The molecule has 0 aliphatic heterocycles. The molecule has 96 valence electrons. The van der Waals surface area contributed by atoms with E-state index in [1.54, 1.807) is 0 Å². The molecule has 1 aromatic carbocycles. The Morgan fingerprint density at radius 1 is 1.24 bits per heavy atom. The third kappa shape index (κ3) is 4.71. The molecule has 0 aliphatic carbocycles. The van der Waals surface area contributed by atoms with Crippen LogP contribution >= 0.6 is 15.9 Å². The van der Waals surface area contributed by atoms with E-state index in [4.69, 9.17) is 4.74 Å². The summed E-state index contributed by atoms with van der Waals surface area (Å²) < 4.78 is 5.64. The highest BCUT2D eigenvalue weighted by Crippen LogP contribution is 2.31. The molecule has 1 aromatic rings. The van der Waals surface area contributed by atoms with Gasteiger partial charge in [0.1, 0.15) is 5.75 Å². The average Bonchev–Trinajstić information content (AvgIpc) is 2.26. The van der Waals surface area contributed by atoms with Crippen molar-refractivity contribution in [3.05, 3.63) is 29.8 Å². The summed E-state index contributed by atoms with van der Waals surface area (Å²) in [4.78, 5) is 0.532. The standard InChI is InChI=1S/C15H23BrO/c1-5-17-13-9-7-6-8-12(13)10-11-14(16)15(2,3)4/h6-9,14H,5,10-11H2,1-4H3. The molecule has 17 heavy (non-hydrogen) atoms. The van der Waals surface area contributed by atoms with Gasteiger partial charge in [-0.15, -0.1) is 0 Å². The average molecular weight is 299 g/mol. The Balaban J connectivity index is 2.63. The van der Waals surface area contributed by atoms with Gasteiger partial charge in [-0.2, -0.15) is 0 Å². The fraction of sp³-hybridized carbons (Fsp3) is 0.600. The molecule has 0 fully saturated rings. The number of rotatable bonds is 5. The molecule has 1 nitrogen and oxygen atoms in total. The Morgan fingerprint density at radius 2 is 1.88 bits per heavy atom. The van der Waals surface area contributed by atoms with Crippen LogP contribution in [0.15, 0.2) is 24.3 Å². The Labute approximate surface area is 114 Å². The predicted octanol–water partition coefficient (Wildman–Crippen LogP) is 4.83. The van der Waals surface area contributed by atoms with Gasteiger partial charge in [0.2, 0.25) is 0 Å². The second-order valence-corrected chi connectivity index (χ2v) is 6.52. The number of hydrogen-bond acceptors (Lipinski definition) is 1. The van der Waals surface area contributed by atoms with Gasteiger partial charge in [0.05, 0.1) is 6.61 Å². The molecule has 1 rings (SSSR count). The minimum Gasteiger partial charge on any atom is -0.494 e. The van der Waals surface area contributed by atoms with E-state index in [1.807, 2.05) is 13.0 Å². The van der Waals surface area contributed by atoms with E-state index >= 15 is 0 Å². The van der Waals surface area contributed by atoms with Crippen molar-refractivity contribution < 1.29 is 4.74 Å². The van der Waals surface area contributed by atoms with Crippen LogP contribution < -0.4 is 4.74 Å². The fourth-order valence-electron chi connectivity index (χ4n) is 1.72. The zero-order valence-corrected chi connectivity index (χ0v) is 12.9. The molecular weight excluding hydrogens is 276 g/mol. The number of para-hydroxylation sites is 1. The quantitative estimate of drug-likeness (QED) is 0.708. The first-order valence-corrected chi connectivity index (χ1v) is 7.21. The van der Waals surface area contributed by atoms with Crippen LogP contribution in [0.1, 0.15) is 39.7 Å². The third-order valence-corrected chi connectivity index (χ3v) is 4.71. The van der Waals surface area contributed by atoms with Crippen molar-refractivity contribution in [1.29, 1.82) is 0 Å². The topological polar surface area (TPSA) is 9.23 Å². The molecule has 0 saturated carbocycles. The second kappa shape index (κ2) is 6.44. The minimum atomic E-state index is 0.306. The molecule has 0 spiro atoms. The lowest BCUT2D eigenvalue weighted by Gasteiger charge is -2.25. The van der Waals surface area contributed by atoms with Crippen molar-refractivity contribution >= 4 is 15.9 Å². The first-order valence-electron chi connectivity index (χ1n) is 6.30. The lowest BCUT2D eigenvalue weighted by molar-refractivity contribution is 0.334. The minimum absolute atomic E-state index is 0.306. The molecule has 0 heterocycles. The highest BCUT2D eigenvalue weighted by atomic mass is 79.9. The molecule has 0 aliphatic rings. The highest BCUT2D eigenvalue weighted by Gasteiger charge is 2.21. The maximum atomic E-state index is 5.64. The van der Waals surface area contributed by atoms with E-state index < -0.39 is 0 Å². The third-order valence-electron chi connectivity index (χ3n) is 2.88. The number of alkyl halides is 1. The number of aryl methyl sites for hydroxylation is 1. The van der Waals surface area contributed by atoms with Crippen LogP contribution in [0.4, 0.5) is 0 Å². The Bertz CT molecular complexity index is 341. The van der Waals surface area contributed by atoms with Crippen molar-refractivity contribution in [2.24, 2.45) is 5.41 Å². The van der Waals surface area contributed by atoms with Gasteiger partial charge in [-0.1, -0.05) is 54.9 Å². The van der Waals surface area contributed by atoms with Gasteiger partial charge in [0, 0.05) is 4.83 Å². The molecule has 0 saturated heterocycles. The van der Waals surface area contributed by atoms with Crippen LogP contribution in [-0.4, -0.2) is 11.4 Å². The van der Waals surface area contributed by atoms with Gasteiger partial charge in [-0.05, 0) is 36.8 Å². The van der Waals surface area contributed by atoms with Crippen LogP contribution in [0, 0.1) is 5.41 Å². The van der Waals surface area contributed by atoms with Gasteiger partial charge >= 0.3 is 0 Å². The normalized spacial score (nSPS) is 13.5. The van der Waals surface area contributed by atoms with E-state index in [0.29, 0.717) is 10.2 Å². The molecule has 2 heteroatoms. The van der Waals surface area contributed by atoms with Crippen LogP contribution in [-0.2, 0) is 6.42 Å². The summed E-state index contributed by atoms with van der Waals surface area (Å²) in [6.45, 7) is 9.55. The van der Waals surface area contributed by atoms with E-state index in [-0.39, 0.29) is 0 Å². The molecule has 0 amide bonds. The lowest BCUT2D eigenvalue weighted by Crippen LogP contribution is -2.20. The zero-order chi connectivity index (χ0) is 12.9. The van der Waals surface area contributed by atoms with E-state index in [2.05, 4.69) is 54.9 Å². The fourth-order valence-corrected chi connectivity index (χ4v) is 1.95.